The lowest BCUT2D eigenvalue weighted by Gasteiger charge is -2.10. The van der Waals surface area contributed by atoms with E-state index in [0.717, 1.165) is 29.3 Å². The molecule has 1 heterocycles. The van der Waals surface area contributed by atoms with E-state index in [9.17, 15) is 9.90 Å². The SMILES string of the molecule is CNC(C(=O)O)c1c[nH]c2cc3c(cc12)CCC3. The third kappa shape index (κ3) is 1.61. The van der Waals surface area contributed by atoms with Gasteiger partial charge in [-0.15, -0.1) is 0 Å². The molecule has 18 heavy (non-hydrogen) atoms. The van der Waals surface area contributed by atoms with Crippen molar-refractivity contribution in [3.8, 4) is 0 Å². The lowest BCUT2D eigenvalue weighted by molar-refractivity contribution is -0.139. The minimum absolute atomic E-state index is 0.654. The fourth-order valence-electron chi connectivity index (χ4n) is 2.87. The van der Waals surface area contributed by atoms with Crippen LogP contribution in [-0.4, -0.2) is 23.1 Å². The fourth-order valence-corrected chi connectivity index (χ4v) is 2.87. The van der Waals surface area contributed by atoms with E-state index in [1.54, 1.807) is 13.2 Å². The zero-order valence-corrected chi connectivity index (χ0v) is 10.3. The number of H-pyrrole nitrogens is 1. The van der Waals surface area contributed by atoms with Gasteiger partial charge in [0.25, 0.3) is 0 Å². The highest BCUT2D eigenvalue weighted by Crippen LogP contribution is 2.31. The standard InChI is InChI=1S/C14H16N2O2/c1-15-13(14(17)18)11-7-16-12-6-9-4-2-3-8(9)5-10(11)12/h5-7,13,15-16H,2-4H2,1H3,(H,17,18). The summed E-state index contributed by atoms with van der Waals surface area (Å²) in [6.45, 7) is 0. The molecule has 1 aromatic carbocycles. The Morgan fingerprint density at radius 3 is 2.78 bits per heavy atom. The van der Waals surface area contributed by atoms with E-state index >= 15 is 0 Å². The molecule has 4 heteroatoms. The van der Waals surface area contributed by atoms with Gasteiger partial charge >= 0.3 is 5.97 Å². The van der Waals surface area contributed by atoms with Gasteiger partial charge in [0.05, 0.1) is 0 Å². The Labute approximate surface area is 105 Å². The second-order valence-electron chi connectivity index (χ2n) is 4.82. The van der Waals surface area contributed by atoms with Crippen molar-refractivity contribution in [3.63, 3.8) is 0 Å². The first-order valence-electron chi connectivity index (χ1n) is 6.23. The predicted octanol–water partition coefficient (Wildman–Crippen LogP) is 2.00. The van der Waals surface area contributed by atoms with E-state index in [-0.39, 0.29) is 0 Å². The van der Waals surface area contributed by atoms with Crippen molar-refractivity contribution in [1.29, 1.82) is 0 Å². The molecule has 0 fully saturated rings. The Bertz CT molecular complexity index is 616. The summed E-state index contributed by atoms with van der Waals surface area (Å²) in [7, 11) is 1.67. The summed E-state index contributed by atoms with van der Waals surface area (Å²) in [6.07, 6.45) is 5.24. The van der Waals surface area contributed by atoms with Crippen molar-refractivity contribution in [2.45, 2.75) is 25.3 Å². The van der Waals surface area contributed by atoms with Gasteiger partial charge in [0.2, 0.25) is 0 Å². The molecule has 0 radical (unpaired) electrons. The van der Waals surface area contributed by atoms with E-state index in [0.29, 0.717) is 0 Å². The van der Waals surface area contributed by atoms with Crippen LogP contribution in [0, 0.1) is 0 Å². The molecule has 1 aromatic heterocycles. The number of aromatic amines is 1. The first kappa shape index (κ1) is 11.3. The van der Waals surface area contributed by atoms with Crippen LogP contribution < -0.4 is 5.32 Å². The topological polar surface area (TPSA) is 65.1 Å². The number of fused-ring (bicyclic) bond motifs is 2. The number of aliphatic carboxylic acids is 1. The van der Waals surface area contributed by atoms with Crippen LogP contribution in [0.4, 0.5) is 0 Å². The van der Waals surface area contributed by atoms with Gasteiger partial charge in [-0.25, -0.2) is 0 Å². The molecule has 3 N–H and O–H groups in total. The first-order valence-corrected chi connectivity index (χ1v) is 6.23. The normalized spacial score (nSPS) is 15.8. The number of carboxylic acid groups (broad SMARTS) is 1. The van der Waals surface area contributed by atoms with Crippen LogP contribution in [-0.2, 0) is 17.6 Å². The minimum Gasteiger partial charge on any atom is -0.480 e. The highest BCUT2D eigenvalue weighted by atomic mass is 16.4. The van der Waals surface area contributed by atoms with Gasteiger partial charge in [0.1, 0.15) is 6.04 Å². The molecule has 1 atom stereocenters. The molecule has 0 bridgehead atoms. The molecular formula is C14H16N2O2. The first-order chi connectivity index (χ1) is 8.70. The maximum Gasteiger partial charge on any atom is 0.325 e. The number of nitrogens with one attached hydrogen (secondary N) is 2. The van der Waals surface area contributed by atoms with Crippen LogP contribution in [0.3, 0.4) is 0 Å². The molecule has 1 unspecified atom stereocenters. The highest BCUT2D eigenvalue weighted by molar-refractivity contribution is 5.90. The number of aryl methyl sites for hydroxylation is 2. The summed E-state index contributed by atoms with van der Waals surface area (Å²) in [5, 5.41) is 13.1. The number of hydrogen-bond acceptors (Lipinski definition) is 2. The van der Waals surface area contributed by atoms with Gasteiger partial charge in [0, 0.05) is 22.7 Å². The summed E-state index contributed by atoms with van der Waals surface area (Å²) in [5.74, 6) is -0.848. The number of carboxylic acids is 1. The van der Waals surface area contributed by atoms with Crippen molar-refractivity contribution in [1.82, 2.24) is 10.3 Å². The monoisotopic (exact) mass is 244 g/mol. The van der Waals surface area contributed by atoms with Crippen molar-refractivity contribution in [2.24, 2.45) is 0 Å². The Morgan fingerprint density at radius 2 is 2.11 bits per heavy atom. The lowest BCUT2D eigenvalue weighted by Crippen LogP contribution is -2.24. The highest BCUT2D eigenvalue weighted by Gasteiger charge is 2.22. The zero-order chi connectivity index (χ0) is 12.7. The molecule has 0 amide bonds. The van der Waals surface area contributed by atoms with E-state index in [1.165, 1.54) is 17.5 Å². The van der Waals surface area contributed by atoms with Crippen LogP contribution in [0.2, 0.25) is 0 Å². The summed E-state index contributed by atoms with van der Waals surface area (Å²) in [6, 6.07) is 3.66. The average molecular weight is 244 g/mol. The number of hydrogen-bond donors (Lipinski definition) is 3. The maximum atomic E-state index is 11.2. The Kier molecular flexibility index (Phi) is 2.59. The molecule has 1 aliphatic rings. The molecular weight excluding hydrogens is 228 g/mol. The predicted molar refractivity (Wildman–Crippen MR) is 69.8 cm³/mol. The largest absolute Gasteiger partial charge is 0.480 e. The summed E-state index contributed by atoms with van der Waals surface area (Å²) in [4.78, 5) is 14.4. The van der Waals surface area contributed by atoms with Crippen LogP contribution in [0.5, 0.6) is 0 Å². The fraction of sp³-hybridized carbons (Fsp3) is 0.357. The summed E-state index contributed by atoms with van der Waals surface area (Å²) in [5.41, 5.74) is 4.61. The lowest BCUT2D eigenvalue weighted by atomic mass is 10.0. The molecule has 0 spiro atoms. The molecule has 2 aromatic rings. The Hall–Kier alpha value is -1.81. The molecule has 0 saturated heterocycles. The smallest absolute Gasteiger partial charge is 0.325 e. The zero-order valence-electron chi connectivity index (χ0n) is 10.3. The Balaban J connectivity index is 2.16. The van der Waals surface area contributed by atoms with E-state index in [4.69, 9.17) is 0 Å². The summed E-state index contributed by atoms with van der Waals surface area (Å²) < 4.78 is 0. The van der Waals surface area contributed by atoms with Gasteiger partial charge in [-0.3, -0.25) is 4.79 Å². The number of aromatic nitrogens is 1. The number of benzene rings is 1. The molecule has 94 valence electrons. The number of carbonyl (C=O) groups is 1. The maximum absolute atomic E-state index is 11.2. The van der Waals surface area contributed by atoms with Crippen LogP contribution >= 0.6 is 0 Å². The van der Waals surface area contributed by atoms with Crippen LogP contribution in [0.25, 0.3) is 10.9 Å². The second kappa shape index (κ2) is 4.14. The Morgan fingerprint density at radius 1 is 1.39 bits per heavy atom. The van der Waals surface area contributed by atoms with E-state index in [1.807, 2.05) is 0 Å². The molecule has 4 nitrogen and oxygen atoms in total. The van der Waals surface area contributed by atoms with Crippen molar-refractivity contribution < 1.29 is 9.90 Å². The van der Waals surface area contributed by atoms with E-state index in [2.05, 4.69) is 22.4 Å². The second-order valence-corrected chi connectivity index (χ2v) is 4.82. The van der Waals surface area contributed by atoms with Gasteiger partial charge in [-0.05, 0) is 49.6 Å². The number of rotatable bonds is 3. The summed E-state index contributed by atoms with van der Waals surface area (Å²) >= 11 is 0. The molecule has 1 aliphatic carbocycles. The van der Waals surface area contributed by atoms with Gasteiger partial charge in [-0.1, -0.05) is 0 Å². The minimum atomic E-state index is -0.848. The van der Waals surface area contributed by atoms with Gasteiger partial charge < -0.3 is 15.4 Å². The third-order valence-electron chi connectivity index (χ3n) is 3.77. The van der Waals surface area contributed by atoms with Gasteiger partial charge in [0.15, 0.2) is 0 Å². The van der Waals surface area contributed by atoms with Crippen molar-refractivity contribution in [2.75, 3.05) is 7.05 Å². The third-order valence-corrected chi connectivity index (χ3v) is 3.77. The van der Waals surface area contributed by atoms with Gasteiger partial charge in [-0.2, -0.15) is 0 Å². The molecule has 0 aliphatic heterocycles. The van der Waals surface area contributed by atoms with Crippen molar-refractivity contribution >= 4 is 16.9 Å². The molecule has 0 saturated carbocycles. The van der Waals surface area contributed by atoms with Crippen LogP contribution in [0.15, 0.2) is 18.3 Å². The number of likely N-dealkylation sites (N-methyl/N-ethyl adjacent to an activating group) is 1. The quantitative estimate of drug-likeness (QED) is 0.773. The molecule has 3 rings (SSSR count). The van der Waals surface area contributed by atoms with E-state index < -0.39 is 12.0 Å². The average Bonchev–Trinajstić information content (AvgIpc) is 2.93. The van der Waals surface area contributed by atoms with Crippen LogP contribution in [0.1, 0.15) is 29.2 Å². The van der Waals surface area contributed by atoms with Crippen molar-refractivity contribution in [3.05, 3.63) is 35.0 Å².